The summed E-state index contributed by atoms with van der Waals surface area (Å²) in [5.74, 6) is -3.90. The highest BCUT2D eigenvalue weighted by atomic mass is 19.3. The van der Waals surface area contributed by atoms with Crippen LogP contribution in [0.5, 0.6) is 0 Å². The Hall–Kier alpha value is -3.30. The number of rotatable bonds is 6. The van der Waals surface area contributed by atoms with Crippen molar-refractivity contribution >= 4 is 17.6 Å². The Bertz CT molecular complexity index is 1060. The molecular formula is C21H24F2N6O2. The van der Waals surface area contributed by atoms with Gasteiger partial charge in [-0.05, 0) is 30.4 Å². The Kier molecular flexibility index (Phi) is 5.71. The number of nitrogens with zero attached hydrogens (tertiary/aromatic N) is 5. The van der Waals surface area contributed by atoms with Crippen molar-refractivity contribution < 1.29 is 18.7 Å². The number of likely N-dealkylation sites (tertiary alicyclic amines) is 1. The van der Waals surface area contributed by atoms with E-state index in [4.69, 9.17) is 0 Å². The monoisotopic (exact) mass is 430 g/mol. The van der Waals surface area contributed by atoms with Crippen LogP contribution in [0.4, 0.5) is 19.4 Å². The minimum atomic E-state index is -3.22. The van der Waals surface area contributed by atoms with E-state index in [1.807, 2.05) is 19.1 Å². The van der Waals surface area contributed by atoms with Gasteiger partial charge in [-0.25, -0.2) is 18.6 Å². The van der Waals surface area contributed by atoms with Gasteiger partial charge in [0.25, 0.3) is 5.92 Å². The molecule has 1 unspecified atom stereocenters. The Morgan fingerprint density at radius 1 is 1.29 bits per heavy atom. The highest BCUT2D eigenvalue weighted by Crippen LogP contribution is 2.40. The number of hydrogen-bond acceptors (Lipinski definition) is 5. The summed E-state index contributed by atoms with van der Waals surface area (Å²) in [6.07, 6.45) is 4.23. The summed E-state index contributed by atoms with van der Waals surface area (Å²) in [4.78, 5) is 16.7. The summed E-state index contributed by atoms with van der Waals surface area (Å²) < 4.78 is 32.7. The van der Waals surface area contributed by atoms with Crippen molar-refractivity contribution in [3.8, 4) is 0 Å². The number of nitrogens with one attached hydrogen (secondary N) is 1. The molecule has 1 aliphatic heterocycles. The molecule has 31 heavy (non-hydrogen) atoms. The topological polar surface area (TPSA) is 95.7 Å². The highest BCUT2D eigenvalue weighted by Gasteiger charge is 2.53. The first kappa shape index (κ1) is 21.0. The number of carboxylic acid groups (broad SMARTS) is 1. The van der Waals surface area contributed by atoms with E-state index in [1.165, 1.54) is 12.5 Å². The molecule has 1 amide bonds. The molecule has 2 aromatic heterocycles. The second-order valence-electron chi connectivity index (χ2n) is 7.74. The standard InChI is InChI=1S/C21H24F2N6O2/c1-2-14-3-5-15(6-4-14)11-17-21(22,23)16(7-9-29(17)20(30)31)12-25-18-19-27-26-13-28(19)10-8-24-18/h3-6,8,10,13,16-17H,2,7,9,11-12H2,1H3,(H,24,25)(H,30,31)/t16?,17-/m1/s1. The van der Waals surface area contributed by atoms with Gasteiger partial charge in [0.1, 0.15) is 12.4 Å². The summed E-state index contributed by atoms with van der Waals surface area (Å²) >= 11 is 0. The average molecular weight is 430 g/mol. The van der Waals surface area contributed by atoms with Crippen molar-refractivity contribution in [2.24, 2.45) is 5.92 Å². The number of alkyl halides is 2. The fraction of sp³-hybridized carbons (Fsp3) is 0.429. The molecule has 2 N–H and O–H groups in total. The van der Waals surface area contributed by atoms with Crippen LogP contribution in [0.25, 0.3) is 5.65 Å². The molecule has 1 aliphatic rings. The average Bonchev–Trinajstić information content (AvgIpc) is 3.24. The molecule has 4 rings (SSSR count). The summed E-state index contributed by atoms with van der Waals surface area (Å²) in [7, 11) is 0. The Morgan fingerprint density at radius 2 is 2.03 bits per heavy atom. The number of aromatic nitrogens is 4. The number of halogens is 2. The van der Waals surface area contributed by atoms with Crippen molar-refractivity contribution in [2.45, 2.75) is 38.2 Å². The molecule has 8 nitrogen and oxygen atoms in total. The Balaban J connectivity index is 1.53. The van der Waals surface area contributed by atoms with Crippen LogP contribution in [0.15, 0.2) is 43.0 Å². The van der Waals surface area contributed by atoms with Gasteiger partial charge >= 0.3 is 6.09 Å². The third-order valence-corrected chi connectivity index (χ3v) is 5.92. The first-order chi connectivity index (χ1) is 14.9. The molecule has 0 spiro atoms. The van der Waals surface area contributed by atoms with Crippen LogP contribution >= 0.6 is 0 Å². The van der Waals surface area contributed by atoms with Crippen LogP contribution in [-0.2, 0) is 12.8 Å². The van der Waals surface area contributed by atoms with Gasteiger partial charge in [0.2, 0.25) is 5.65 Å². The lowest BCUT2D eigenvalue weighted by Gasteiger charge is -2.44. The van der Waals surface area contributed by atoms with Crippen LogP contribution in [-0.4, -0.2) is 60.7 Å². The lowest BCUT2D eigenvalue weighted by Crippen LogP contribution is -2.60. The molecule has 3 heterocycles. The van der Waals surface area contributed by atoms with Gasteiger partial charge < -0.3 is 10.4 Å². The number of amides is 1. The maximum Gasteiger partial charge on any atom is 0.407 e. The zero-order chi connectivity index (χ0) is 22.0. The molecule has 164 valence electrons. The normalized spacial score (nSPS) is 20.7. The van der Waals surface area contributed by atoms with Gasteiger partial charge in [0.05, 0.1) is 0 Å². The van der Waals surface area contributed by atoms with Crippen LogP contribution in [0.2, 0.25) is 0 Å². The number of benzene rings is 1. The molecule has 0 saturated carbocycles. The van der Waals surface area contributed by atoms with Crippen molar-refractivity contribution in [3.63, 3.8) is 0 Å². The lowest BCUT2D eigenvalue weighted by molar-refractivity contribution is -0.140. The Morgan fingerprint density at radius 3 is 2.74 bits per heavy atom. The third kappa shape index (κ3) is 4.14. The predicted molar refractivity (Wildman–Crippen MR) is 110 cm³/mol. The number of aryl methyl sites for hydroxylation is 1. The van der Waals surface area contributed by atoms with E-state index in [1.54, 1.807) is 22.7 Å². The molecule has 3 aromatic rings. The largest absolute Gasteiger partial charge is 0.465 e. The van der Waals surface area contributed by atoms with Crippen LogP contribution in [0.1, 0.15) is 24.5 Å². The van der Waals surface area contributed by atoms with Crippen molar-refractivity contribution in [1.29, 1.82) is 0 Å². The molecule has 1 fully saturated rings. The molecule has 1 saturated heterocycles. The quantitative estimate of drug-likeness (QED) is 0.623. The lowest BCUT2D eigenvalue weighted by atomic mass is 9.83. The van der Waals surface area contributed by atoms with Crippen LogP contribution in [0.3, 0.4) is 0 Å². The number of piperidine rings is 1. The van der Waals surface area contributed by atoms with Gasteiger partial charge in [-0.1, -0.05) is 31.2 Å². The minimum Gasteiger partial charge on any atom is -0.465 e. The third-order valence-electron chi connectivity index (χ3n) is 5.92. The Labute approximate surface area is 177 Å². The second-order valence-corrected chi connectivity index (χ2v) is 7.74. The van der Waals surface area contributed by atoms with Crippen LogP contribution in [0, 0.1) is 5.92 Å². The summed E-state index contributed by atoms with van der Waals surface area (Å²) in [6.45, 7) is 2.02. The van der Waals surface area contributed by atoms with E-state index < -0.39 is 24.0 Å². The molecule has 0 bridgehead atoms. The summed E-state index contributed by atoms with van der Waals surface area (Å²) in [5.41, 5.74) is 2.24. The highest BCUT2D eigenvalue weighted by molar-refractivity contribution is 5.66. The van der Waals surface area contributed by atoms with E-state index in [9.17, 15) is 9.90 Å². The fourth-order valence-electron chi connectivity index (χ4n) is 4.07. The molecule has 2 atom stereocenters. The number of fused-ring (bicyclic) bond motifs is 1. The molecule has 0 radical (unpaired) electrons. The summed E-state index contributed by atoms with van der Waals surface area (Å²) in [5, 5.41) is 20.3. The van der Waals surface area contributed by atoms with Gasteiger partial charge in [0.15, 0.2) is 5.82 Å². The zero-order valence-corrected chi connectivity index (χ0v) is 17.1. The smallest absolute Gasteiger partial charge is 0.407 e. The van der Waals surface area contributed by atoms with E-state index in [-0.39, 0.29) is 25.9 Å². The SMILES string of the molecule is CCc1ccc(C[C@H]2N(C(=O)O)CCC(CNc3nccn4cnnc34)C2(F)F)cc1. The fourth-order valence-corrected chi connectivity index (χ4v) is 4.07. The van der Waals surface area contributed by atoms with Gasteiger partial charge in [-0.15, -0.1) is 10.2 Å². The van der Waals surface area contributed by atoms with E-state index in [0.717, 1.165) is 16.9 Å². The van der Waals surface area contributed by atoms with Crippen molar-refractivity contribution in [3.05, 3.63) is 54.1 Å². The number of carbonyl (C=O) groups is 1. The molecule has 0 aliphatic carbocycles. The first-order valence-corrected chi connectivity index (χ1v) is 10.2. The van der Waals surface area contributed by atoms with Crippen LogP contribution < -0.4 is 5.32 Å². The molecule has 1 aromatic carbocycles. The van der Waals surface area contributed by atoms with Gasteiger partial charge in [-0.3, -0.25) is 9.30 Å². The second kappa shape index (κ2) is 8.44. The van der Waals surface area contributed by atoms with E-state index in [2.05, 4.69) is 20.5 Å². The minimum absolute atomic E-state index is 0.0438. The maximum absolute atomic E-state index is 15.5. The molecular weight excluding hydrogens is 406 g/mol. The molecule has 10 heteroatoms. The van der Waals surface area contributed by atoms with E-state index >= 15 is 8.78 Å². The zero-order valence-electron chi connectivity index (χ0n) is 17.1. The maximum atomic E-state index is 15.5. The number of hydrogen-bond donors (Lipinski definition) is 2. The number of anilines is 1. The predicted octanol–water partition coefficient (Wildman–Crippen LogP) is 3.35. The van der Waals surface area contributed by atoms with E-state index in [0.29, 0.717) is 17.0 Å². The van der Waals surface area contributed by atoms with Gasteiger partial charge in [-0.2, -0.15) is 0 Å². The summed E-state index contributed by atoms with van der Waals surface area (Å²) in [6, 6.07) is 5.95. The van der Waals surface area contributed by atoms with Crippen molar-refractivity contribution in [2.75, 3.05) is 18.4 Å². The van der Waals surface area contributed by atoms with Crippen molar-refractivity contribution in [1.82, 2.24) is 24.5 Å². The first-order valence-electron chi connectivity index (χ1n) is 10.2. The van der Waals surface area contributed by atoms with Gasteiger partial charge in [0, 0.05) is 31.4 Å².